The predicted octanol–water partition coefficient (Wildman–Crippen LogP) is 0.500. The number of hydrogen-bond donors (Lipinski definition) is 1. The van der Waals surface area contributed by atoms with E-state index in [1.54, 1.807) is 19.1 Å². The van der Waals surface area contributed by atoms with E-state index in [4.69, 9.17) is 10.5 Å². The van der Waals surface area contributed by atoms with E-state index in [0.717, 1.165) is 4.31 Å². The van der Waals surface area contributed by atoms with Crippen molar-refractivity contribution < 1.29 is 17.9 Å². The van der Waals surface area contributed by atoms with Crippen molar-refractivity contribution in [3.63, 3.8) is 0 Å². The minimum absolute atomic E-state index is 0.00900. The highest BCUT2D eigenvalue weighted by molar-refractivity contribution is 7.89. The van der Waals surface area contributed by atoms with Crippen LogP contribution in [0.1, 0.15) is 12.0 Å². The van der Waals surface area contributed by atoms with Crippen molar-refractivity contribution in [1.82, 2.24) is 4.31 Å². The van der Waals surface area contributed by atoms with Crippen LogP contribution in [0.2, 0.25) is 0 Å². The predicted molar refractivity (Wildman–Crippen MR) is 71.4 cm³/mol. The first-order valence-corrected chi connectivity index (χ1v) is 7.12. The van der Waals surface area contributed by atoms with Gasteiger partial charge >= 0.3 is 0 Å². The summed E-state index contributed by atoms with van der Waals surface area (Å²) < 4.78 is 30.7. The Labute approximate surface area is 113 Å². The van der Waals surface area contributed by atoms with Gasteiger partial charge in [0.1, 0.15) is 5.75 Å². The first-order chi connectivity index (χ1) is 8.78. The Balaban J connectivity index is 3.03. The topological polar surface area (TPSA) is 89.7 Å². The largest absolute Gasteiger partial charge is 0.497 e. The number of amides is 1. The SMILES string of the molecule is COc1ccc(S(=O)(=O)N(C)CCC(N)=O)c(C)c1. The highest BCUT2D eigenvalue weighted by atomic mass is 32.2. The molecule has 2 N–H and O–H groups in total. The number of hydrogen-bond acceptors (Lipinski definition) is 4. The lowest BCUT2D eigenvalue weighted by Crippen LogP contribution is -2.31. The lowest BCUT2D eigenvalue weighted by Gasteiger charge is -2.18. The second kappa shape index (κ2) is 6.03. The van der Waals surface area contributed by atoms with Crippen LogP contribution in [0.3, 0.4) is 0 Å². The molecule has 0 fully saturated rings. The smallest absolute Gasteiger partial charge is 0.243 e. The van der Waals surface area contributed by atoms with Crippen LogP contribution in [0.5, 0.6) is 5.75 Å². The van der Waals surface area contributed by atoms with Gasteiger partial charge in [-0.3, -0.25) is 4.79 Å². The highest BCUT2D eigenvalue weighted by Gasteiger charge is 2.23. The molecule has 0 heterocycles. The molecule has 1 rings (SSSR count). The van der Waals surface area contributed by atoms with E-state index in [0.29, 0.717) is 11.3 Å². The molecule has 7 heteroatoms. The van der Waals surface area contributed by atoms with Crippen molar-refractivity contribution in [3.05, 3.63) is 23.8 Å². The summed E-state index contributed by atoms with van der Waals surface area (Å²) in [5, 5.41) is 0. The molecular weight excluding hydrogens is 268 g/mol. The van der Waals surface area contributed by atoms with Gasteiger partial charge in [0.15, 0.2) is 0 Å². The van der Waals surface area contributed by atoms with Crippen molar-refractivity contribution in [2.45, 2.75) is 18.2 Å². The minimum Gasteiger partial charge on any atom is -0.497 e. The minimum atomic E-state index is -3.62. The molecular formula is C12H18N2O4S. The summed E-state index contributed by atoms with van der Waals surface area (Å²) in [5.74, 6) is 0.0599. The zero-order chi connectivity index (χ0) is 14.6. The van der Waals surface area contributed by atoms with Gasteiger partial charge in [-0.25, -0.2) is 12.7 Å². The zero-order valence-corrected chi connectivity index (χ0v) is 12.0. The summed E-state index contributed by atoms with van der Waals surface area (Å²) in [5.41, 5.74) is 5.60. The van der Waals surface area contributed by atoms with Crippen LogP contribution in [0, 0.1) is 6.92 Å². The lowest BCUT2D eigenvalue weighted by molar-refractivity contribution is -0.118. The van der Waals surface area contributed by atoms with Crippen LogP contribution >= 0.6 is 0 Å². The number of rotatable bonds is 6. The van der Waals surface area contributed by atoms with Gasteiger partial charge in [0.25, 0.3) is 0 Å². The van der Waals surface area contributed by atoms with Gasteiger partial charge in [-0.2, -0.15) is 0 Å². The molecule has 19 heavy (non-hydrogen) atoms. The van der Waals surface area contributed by atoms with Crippen LogP contribution in [0.15, 0.2) is 23.1 Å². The lowest BCUT2D eigenvalue weighted by atomic mass is 10.2. The van der Waals surface area contributed by atoms with E-state index in [1.807, 2.05) is 0 Å². The summed E-state index contributed by atoms with van der Waals surface area (Å²) in [4.78, 5) is 10.9. The number of carbonyl (C=O) groups is 1. The normalized spacial score (nSPS) is 11.6. The molecule has 0 radical (unpaired) electrons. The van der Waals surface area contributed by atoms with Gasteiger partial charge in [-0.1, -0.05) is 0 Å². The average Bonchev–Trinajstić information content (AvgIpc) is 2.35. The zero-order valence-electron chi connectivity index (χ0n) is 11.2. The second-order valence-electron chi connectivity index (χ2n) is 4.17. The molecule has 1 amide bonds. The summed E-state index contributed by atoms with van der Waals surface area (Å²) in [6.07, 6.45) is -0.00900. The van der Waals surface area contributed by atoms with Crippen molar-refractivity contribution in [2.75, 3.05) is 20.7 Å². The molecule has 0 spiro atoms. The molecule has 0 saturated heterocycles. The third-order valence-corrected chi connectivity index (χ3v) is 4.76. The fourth-order valence-electron chi connectivity index (χ4n) is 1.59. The molecule has 1 aromatic carbocycles. The fraction of sp³-hybridized carbons (Fsp3) is 0.417. The number of benzene rings is 1. The molecule has 1 aromatic rings. The fourth-order valence-corrected chi connectivity index (χ4v) is 2.97. The van der Waals surface area contributed by atoms with Crippen LogP contribution in [0.4, 0.5) is 0 Å². The maximum Gasteiger partial charge on any atom is 0.243 e. The van der Waals surface area contributed by atoms with E-state index >= 15 is 0 Å². The molecule has 0 atom stereocenters. The Hall–Kier alpha value is -1.60. The van der Waals surface area contributed by atoms with Crippen LogP contribution < -0.4 is 10.5 Å². The van der Waals surface area contributed by atoms with Gasteiger partial charge in [-0.05, 0) is 30.7 Å². The van der Waals surface area contributed by atoms with Crippen molar-refractivity contribution >= 4 is 15.9 Å². The number of carbonyl (C=O) groups excluding carboxylic acids is 1. The number of aryl methyl sites for hydroxylation is 1. The molecule has 0 aromatic heterocycles. The molecule has 0 aliphatic heterocycles. The number of primary amides is 1. The first-order valence-electron chi connectivity index (χ1n) is 5.68. The van der Waals surface area contributed by atoms with Gasteiger partial charge < -0.3 is 10.5 Å². The molecule has 0 unspecified atom stereocenters. The second-order valence-corrected chi connectivity index (χ2v) is 6.19. The summed E-state index contributed by atoms with van der Waals surface area (Å²) in [6, 6.07) is 4.72. The summed E-state index contributed by atoms with van der Waals surface area (Å²) >= 11 is 0. The van der Waals surface area contributed by atoms with E-state index in [-0.39, 0.29) is 17.9 Å². The Morgan fingerprint density at radius 2 is 2.05 bits per heavy atom. The molecule has 0 aliphatic rings. The molecule has 0 aliphatic carbocycles. The molecule has 0 saturated carbocycles. The van der Waals surface area contributed by atoms with Crippen molar-refractivity contribution in [2.24, 2.45) is 5.73 Å². The van der Waals surface area contributed by atoms with Crippen molar-refractivity contribution in [1.29, 1.82) is 0 Å². The maximum atomic E-state index is 12.3. The number of sulfonamides is 1. The third kappa shape index (κ3) is 3.68. The quantitative estimate of drug-likeness (QED) is 0.824. The van der Waals surface area contributed by atoms with Crippen LogP contribution in [-0.4, -0.2) is 39.3 Å². The van der Waals surface area contributed by atoms with Crippen LogP contribution in [-0.2, 0) is 14.8 Å². The Morgan fingerprint density at radius 1 is 1.42 bits per heavy atom. The number of methoxy groups -OCH3 is 1. The number of nitrogens with two attached hydrogens (primary N) is 1. The van der Waals surface area contributed by atoms with E-state index in [1.165, 1.54) is 20.2 Å². The van der Waals surface area contributed by atoms with Crippen LogP contribution in [0.25, 0.3) is 0 Å². The van der Waals surface area contributed by atoms with Crippen molar-refractivity contribution in [3.8, 4) is 5.75 Å². The van der Waals surface area contributed by atoms with E-state index < -0.39 is 15.9 Å². The monoisotopic (exact) mass is 286 g/mol. The van der Waals surface area contributed by atoms with Gasteiger partial charge in [0, 0.05) is 20.0 Å². The molecule has 6 nitrogen and oxygen atoms in total. The Kier molecular flexibility index (Phi) is 4.90. The van der Waals surface area contributed by atoms with Gasteiger partial charge in [0.05, 0.1) is 12.0 Å². The molecule has 0 bridgehead atoms. The Morgan fingerprint density at radius 3 is 2.53 bits per heavy atom. The number of nitrogens with zero attached hydrogens (tertiary/aromatic N) is 1. The molecule has 106 valence electrons. The highest BCUT2D eigenvalue weighted by Crippen LogP contribution is 2.23. The van der Waals surface area contributed by atoms with E-state index in [9.17, 15) is 13.2 Å². The average molecular weight is 286 g/mol. The third-order valence-electron chi connectivity index (χ3n) is 2.74. The summed E-state index contributed by atoms with van der Waals surface area (Å²) in [6.45, 7) is 1.75. The van der Waals surface area contributed by atoms with Gasteiger partial charge in [0.2, 0.25) is 15.9 Å². The first kappa shape index (κ1) is 15.5. The number of ether oxygens (including phenoxy) is 1. The summed E-state index contributed by atoms with van der Waals surface area (Å²) in [7, 11) is -0.686. The standard InChI is InChI=1S/C12H18N2O4S/c1-9-8-10(18-3)4-5-11(9)19(16,17)14(2)7-6-12(13)15/h4-5,8H,6-7H2,1-3H3,(H2,13,15). The maximum absolute atomic E-state index is 12.3. The van der Waals surface area contributed by atoms with E-state index in [2.05, 4.69) is 0 Å². The Bertz CT molecular complexity index is 569. The van der Waals surface area contributed by atoms with Gasteiger partial charge in [-0.15, -0.1) is 0 Å².